The Kier molecular flexibility index (Phi) is 5.23. The van der Waals surface area contributed by atoms with E-state index in [1.807, 2.05) is 24.3 Å². The lowest BCUT2D eigenvalue weighted by Gasteiger charge is -2.22. The lowest BCUT2D eigenvalue weighted by atomic mass is 9.89. The minimum Gasteiger partial charge on any atom is -0.349 e. The first kappa shape index (κ1) is 17.8. The molecule has 1 amide bonds. The predicted molar refractivity (Wildman–Crippen MR) is 108 cm³/mol. The van der Waals surface area contributed by atoms with E-state index in [-0.39, 0.29) is 17.9 Å². The van der Waals surface area contributed by atoms with Crippen LogP contribution in [0.5, 0.6) is 0 Å². The van der Waals surface area contributed by atoms with Crippen molar-refractivity contribution in [3.8, 4) is 0 Å². The lowest BCUT2D eigenvalue weighted by molar-refractivity contribution is -0.126. The second kappa shape index (κ2) is 7.95. The molecule has 1 saturated carbocycles. The van der Waals surface area contributed by atoms with Crippen molar-refractivity contribution in [3.05, 3.63) is 66.0 Å². The van der Waals surface area contributed by atoms with E-state index in [4.69, 9.17) is 4.98 Å². The predicted octanol–water partition coefficient (Wildman–Crippen LogP) is 4.84. The summed E-state index contributed by atoms with van der Waals surface area (Å²) in [6, 6.07) is 18.8. The monoisotopic (exact) mass is 361 g/mol. The molecule has 0 aliphatic heterocycles. The zero-order valence-electron chi connectivity index (χ0n) is 15.9. The number of para-hydroxylation sites is 2. The van der Waals surface area contributed by atoms with Crippen LogP contribution in [0.1, 0.15) is 56.5 Å². The van der Waals surface area contributed by atoms with Crippen LogP contribution in [0.2, 0.25) is 0 Å². The highest BCUT2D eigenvalue weighted by Gasteiger charge is 2.22. The zero-order chi connectivity index (χ0) is 18.6. The molecule has 3 aromatic rings. The van der Waals surface area contributed by atoms with Gasteiger partial charge in [0, 0.05) is 5.92 Å². The van der Waals surface area contributed by atoms with E-state index in [0.717, 1.165) is 29.7 Å². The van der Waals surface area contributed by atoms with E-state index in [0.29, 0.717) is 6.54 Å². The first-order valence-corrected chi connectivity index (χ1v) is 10.0. The van der Waals surface area contributed by atoms with Crippen molar-refractivity contribution >= 4 is 16.9 Å². The molecule has 1 unspecified atom stereocenters. The second-order valence-corrected chi connectivity index (χ2v) is 7.53. The molecule has 4 rings (SSSR count). The molecule has 4 heteroatoms. The molecule has 1 fully saturated rings. The number of hydrogen-bond donors (Lipinski definition) is 1. The summed E-state index contributed by atoms with van der Waals surface area (Å²) < 4.78 is 2.26. The smallest absolute Gasteiger partial charge is 0.223 e. The van der Waals surface area contributed by atoms with Gasteiger partial charge in [0.2, 0.25) is 5.91 Å². The summed E-state index contributed by atoms with van der Waals surface area (Å²) in [6.07, 6.45) is 5.63. The van der Waals surface area contributed by atoms with Gasteiger partial charge < -0.3 is 9.88 Å². The summed E-state index contributed by atoms with van der Waals surface area (Å²) >= 11 is 0. The molecule has 27 heavy (non-hydrogen) atoms. The third kappa shape index (κ3) is 3.75. The molecule has 1 N–H and O–H groups in total. The average Bonchev–Trinajstić information content (AvgIpc) is 3.11. The van der Waals surface area contributed by atoms with Gasteiger partial charge in [-0.2, -0.15) is 0 Å². The molecule has 1 aliphatic rings. The number of hydrogen-bond acceptors (Lipinski definition) is 2. The van der Waals surface area contributed by atoms with Gasteiger partial charge in [0.15, 0.2) is 0 Å². The Morgan fingerprint density at radius 1 is 1.07 bits per heavy atom. The van der Waals surface area contributed by atoms with Crippen molar-refractivity contribution in [2.75, 3.05) is 0 Å². The van der Waals surface area contributed by atoms with Gasteiger partial charge in [-0.1, -0.05) is 61.7 Å². The maximum Gasteiger partial charge on any atom is 0.223 e. The van der Waals surface area contributed by atoms with E-state index in [1.54, 1.807) is 0 Å². The molecule has 2 aromatic carbocycles. The highest BCUT2D eigenvalue weighted by Crippen LogP contribution is 2.27. The van der Waals surface area contributed by atoms with Gasteiger partial charge in [0.25, 0.3) is 0 Å². The summed E-state index contributed by atoms with van der Waals surface area (Å²) in [5.74, 6) is 1.26. The SMILES string of the molecule is CC(c1ccccc1)n1c(CNC(=O)C2CCCCC2)nc2ccccc21. The van der Waals surface area contributed by atoms with Crippen LogP contribution in [0, 0.1) is 5.92 Å². The quantitative estimate of drug-likeness (QED) is 0.707. The molecule has 4 nitrogen and oxygen atoms in total. The number of nitrogens with zero attached hydrogens (tertiary/aromatic N) is 2. The van der Waals surface area contributed by atoms with E-state index < -0.39 is 0 Å². The summed E-state index contributed by atoms with van der Waals surface area (Å²) in [4.78, 5) is 17.4. The third-order valence-corrected chi connectivity index (χ3v) is 5.73. The maximum absolute atomic E-state index is 12.6. The molecular weight excluding hydrogens is 334 g/mol. The number of carbonyl (C=O) groups excluding carboxylic acids is 1. The van der Waals surface area contributed by atoms with Gasteiger partial charge in [-0.05, 0) is 37.5 Å². The van der Waals surface area contributed by atoms with Gasteiger partial charge >= 0.3 is 0 Å². The largest absolute Gasteiger partial charge is 0.349 e. The number of nitrogens with one attached hydrogen (secondary N) is 1. The van der Waals surface area contributed by atoms with Crippen molar-refractivity contribution in [1.29, 1.82) is 0 Å². The fourth-order valence-corrected chi connectivity index (χ4v) is 4.21. The van der Waals surface area contributed by atoms with Crippen LogP contribution < -0.4 is 5.32 Å². The summed E-state index contributed by atoms with van der Waals surface area (Å²) in [7, 11) is 0. The number of aromatic nitrogens is 2. The highest BCUT2D eigenvalue weighted by molar-refractivity contribution is 5.79. The van der Waals surface area contributed by atoms with Crippen LogP contribution in [0.25, 0.3) is 11.0 Å². The Morgan fingerprint density at radius 2 is 1.78 bits per heavy atom. The maximum atomic E-state index is 12.6. The molecule has 0 saturated heterocycles. The lowest BCUT2D eigenvalue weighted by Crippen LogP contribution is -2.32. The summed E-state index contributed by atoms with van der Waals surface area (Å²) in [6.45, 7) is 2.66. The number of amides is 1. The molecule has 0 bridgehead atoms. The van der Waals surface area contributed by atoms with Gasteiger partial charge in [-0.15, -0.1) is 0 Å². The van der Waals surface area contributed by atoms with Crippen LogP contribution in [0.3, 0.4) is 0 Å². The van der Waals surface area contributed by atoms with Crippen molar-refractivity contribution in [2.24, 2.45) is 5.92 Å². The number of benzene rings is 2. The molecule has 1 aromatic heterocycles. The van der Waals surface area contributed by atoms with Gasteiger partial charge in [-0.3, -0.25) is 4.79 Å². The zero-order valence-corrected chi connectivity index (χ0v) is 15.9. The van der Waals surface area contributed by atoms with E-state index in [1.165, 1.54) is 24.8 Å². The summed E-state index contributed by atoms with van der Waals surface area (Å²) in [5.41, 5.74) is 3.32. The highest BCUT2D eigenvalue weighted by atomic mass is 16.1. The molecular formula is C23H27N3O. The Bertz CT molecular complexity index is 910. The Labute approximate surface area is 160 Å². The van der Waals surface area contributed by atoms with Gasteiger partial charge in [0.1, 0.15) is 5.82 Å². The van der Waals surface area contributed by atoms with Gasteiger partial charge in [0.05, 0.1) is 23.6 Å². The molecule has 0 radical (unpaired) electrons. The third-order valence-electron chi connectivity index (χ3n) is 5.73. The van der Waals surface area contributed by atoms with E-state index >= 15 is 0 Å². The van der Waals surface area contributed by atoms with E-state index in [9.17, 15) is 4.79 Å². The Morgan fingerprint density at radius 3 is 2.56 bits per heavy atom. The first-order valence-electron chi connectivity index (χ1n) is 10.0. The van der Waals surface area contributed by atoms with Crippen LogP contribution in [0.4, 0.5) is 0 Å². The number of carbonyl (C=O) groups is 1. The van der Waals surface area contributed by atoms with E-state index in [2.05, 4.69) is 47.1 Å². The average molecular weight is 361 g/mol. The Hall–Kier alpha value is -2.62. The van der Waals surface area contributed by atoms with Crippen LogP contribution >= 0.6 is 0 Å². The first-order chi connectivity index (χ1) is 13.2. The number of imidazole rings is 1. The van der Waals surface area contributed by atoms with Crippen molar-refractivity contribution < 1.29 is 4.79 Å². The minimum absolute atomic E-state index is 0.153. The second-order valence-electron chi connectivity index (χ2n) is 7.53. The minimum atomic E-state index is 0.153. The molecule has 1 atom stereocenters. The van der Waals surface area contributed by atoms with Crippen molar-refractivity contribution in [3.63, 3.8) is 0 Å². The fraction of sp³-hybridized carbons (Fsp3) is 0.391. The Balaban J connectivity index is 1.61. The number of rotatable bonds is 5. The van der Waals surface area contributed by atoms with Crippen molar-refractivity contribution in [2.45, 2.75) is 51.6 Å². The number of fused-ring (bicyclic) bond motifs is 1. The molecule has 140 valence electrons. The van der Waals surface area contributed by atoms with Crippen molar-refractivity contribution in [1.82, 2.24) is 14.9 Å². The molecule has 1 aliphatic carbocycles. The summed E-state index contributed by atoms with van der Waals surface area (Å²) in [5, 5.41) is 3.15. The van der Waals surface area contributed by atoms with Gasteiger partial charge in [-0.25, -0.2) is 4.98 Å². The molecule has 0 spiro atoms. The normalized spacial score (nSPS) is 16.3. The molecule has 1 heterocycles. The van der Waals surface area contributed by atoms with Crippen LogP contribution in [-0.2, 0) is 11.3 Å². The fourth-order valence-electron chi connectivity index (χ4n) is 4.21. The topological polar surface area (TPSA) is 46.9 Å². The standard InChI is InChI=1S/C23H27N3O/c1-17(18-10-4-2-5-11-18)26-21-15-9-8-14-20(21)25-22(26)16-24-23(27)19-12-6-3-7-13-19/h2,4-5,8-11,14-15,17,19H,3,6-7,12-13,16H2,1H3,(H,24,27). The van der Waals surface area contributed by atoms with Crippen LogP contribution in [-0.4, -0.2) is 15.5 Å². The van der Waals surface area contributed by atoms with Crippen LogP contribution in [0.15, 0.2) is 54.6 Å².